The van der Waals surface area contributed by atoms with Crippen LogP contribution in [0.4, 0.5) is 5.69 Å². The minimum Gasteiger partial charge on any atom is -0.379 e. The lowest BCUT2D eigenvalue weighted by molar-refractivity contribution is 0.0383. The van der Waals surface area contributed by atoms with Crippen molar-refractivity contribution in [3.05, 3.63) is 52.3 Å². The first-order valence-electron chi connectivity index (χ1n) is 12.5. The summed E-state index contributed by atoms with van der Waals surface area (Å²) in [6.07, 6.45) is 1.86. The Morgan fingerprint density at radius 1 is 1.11 bits per heavy atom. The van der Waals surface area contributed by atoms with Crippen LogP contribution in [-0.2, 0) is 4.74 Å². The number of amides is 1. The zero-order valence-electron chi connectivity index (χ0n) is 20.4. The molecule has 2 saturated heterocycles. The van der Waals surface area contributed by atoms with Gasteiger partial charge in [-0.15, -0.1) is 11.3 Å². The average molecular weight is 507 g/mol. The number of hydrogen-bond donors (Lipinski definition) is 1. The van der Waals surface area contributed by atoms with Crippen molar-refractivity contribution >= 4 is 49.0 Å². The smallest absolute Gasteiger partial charge is 0.258 e. The van der Waals surface area contributed by atoms with Crippen molar-refractivity contribution in [1.82, 2.24) is 24.5 Å². The highest BCUT2D eigenvalue weighted by molar-refractivity contribution is 7.24. The Morgan fingerprint density at radius 3 is 2.69 bits per heavy atom. The molecular weight excluding hydrogens is 476 g/mol. The molecule has 2 aliphatic rings. The van der Waals surface area contributed by atoms with Gasteiger partial charge in [0.1, 0.15) is 16.0 Å². The average Bonchev–Trinajstić information content (AvgIpc) is 3.29. The number of thiazole rings is 1. The zero-order valence-corrected chi connectivity index (χ0v) is 21.2. The summed E-state index contributed by atoms with van der Waals surface area (Å²) in [6.45, 7) is 8.03. The van der Waals surface area contributed by atoms with Crippen molar-refractivity contribution in [1.29, 1.82) is 0 Å². The van der Waals surface area contributed by atoms with E-state index in [4.69, 9.17) is 9.72 Å². The standard InChI is InChI=1S/C26H30N6O3S/c1-29-8-10-31(11-9-29)18-16-19-23(33)22(25(34)27-6-7-30-12-14-35-15-13-30)26-32(24(19)28-17-18)20-4-2-3-5-21(20)36-26/h2-5,16-17H,6-15H2,1H3,(H,27,34). The van der Waals surface area contributed by atoms with E-state index in [9.17, 15) is 9.59 Å². The van der Waals surface area contributed by atoms with Gasteiger partial charge in [-0.05, 0) is 25.2 Å². The number of carbonyl (C=O) groups is 1. The van der Waals surface area contributed by atoms with Crippen molar-refractivity contribution in [2.24, 2.45) is 0 Å². The number of ether oxygens (including phenoxy) is 1. The highest BCUT2D eigenvalue weighted by Crippen LogP contribution is 2.31. The Balaban J connectivity index is 1.42. The second-order valence-electron chi connectivity index (χ2n) is 9.48. The molecule has 0 bridgehead atoms. The van der Waals surface area contributed by atoms with Crippen molar-refractivity contribution in [3.8, 4) is 0 Å². The molecule has 6 rings (SSSR count). The molecule has 4 aromatic rings. The maximum absolute atomic E-state index is 13.9. The van der Waals surface area contributed by atoms with Gasteiger partial charge in [-0.3, -0.25) is 18.9 Å². The summed E-state index contributed by atoms with van der Waals surface area (Å²) in [5.41, 5.74) is 2.40. The van der Waals surface area contributed by atoms with Gasteiger partial charge in [-0.25, -0.2) is 4.98 Å². The second kappa shape index (κ2) is 9.78. The molecule has 1 aromatic carbocycles. The summed E-state index contributed by atoms with van der Waals surface area (Å²) in [6, 6.07) is 9.89. The Morgan fingerprint density at radius 2 is 1.89 bits per heavy atom. The van der Waals surface area contributed by atoms with Crippen LogP contribution in [0.2, 0.25) is 0 Å². The summed E-state index contributed by atoms with van der Waals surface area (Å²) >= 11 is 1.46. The molecule has 0 unspecified atom stereocenters. The number of rotatable bonds is 5. The van der Waals surface area contributed by atoms with Crippen LogP contribution >= 0.6 is 11.3 Å². The summed E-state index contributed by atoms with van der Waals surface area (Å²) < 4.78 is 8.39. The topological polar surface area (TPSA) is 82.4 Å². The summed E-state index contributed by atoms with van der Waals surface area (Å²) in [5.74, 6) is -0.329. The molecule has 10 heteroatoms. The molecule has 2 fully saturated rings. The molecule has 1 N–H and O–H groups in total. The minimum absolute atomic E-state index is 0.197. The lowest BCUT2D eigenvalue weighted by atomic mass is 10.1. The summed E-state index contributed by atoms with van der Waals surface area (Å²) in [7, 11) is 2.12. The van der Waals surface area contributed by atoms with E-state index in [0.29, 0.717) is 35.6 Å². The van der Waals surface area contributed by atoms with Gasteiger partial charge in [-0.1, -0.05) is 12.1 Å². The van der Waals surface area contributed by atoms with E-state index in [1.54, 1.807) is 0 Å². The number of morpholine rings is 1. The van der Waals surface area contributed by atoms with Crippen LogP contribution < -0.4 is 15.6 Å². The van der Waals surface area contributed by atoms with E-state index < -0.39 is 0 Å². The summed E-state index contributed by atoms with van der Waals surface area (Å²) in [4.78, 5) is 39.5. The first-order chi connectivity index (χ1) is 17.6. The van der Waals surface area contributed by atoms with Crippen LogP contribution in [-0.4, -0.2) is 97.7 Å². The Hall–Kier alpha value is -3.05. The first kappa shape index (κ1) is 23.4. The maximum atomic E-state index is 13.9. The highest BCUT2D eigenvalue weighted by Gasteiger charge is 2.24. The largest absolute Gasteiger partial charge is 0.379 e. The number of carbonyl (C=O) groups excluding carboxylic acids is 1. The quantitative estimate of drug-likeness (QED) is 0.443. The Bertz CT molecular complexity index is 1480. The number of fused-ring (bicyclic) bond motifs is 5. The number of aromatic nitrogens is 2. The highest BCUT2D eigenvalue weighted by atomic mass is 32.1. The van der Waals surface area contributed by atoms with Crippen molar-refractivity contribution < 1.29 is 9.53 Å². The number of piperazine rings is 1. The Labute approximate surface area is 212 Å². The number of nitrogens with one attached hydrogen (secondary N) is 1. The van der Waals surface area contributed by atoms with E-state index in [1.807, 2.05) is 40.9 Å². The lowest BCUT2D eigenvalue weighted by Crippen LogP contribution is -2.44. The van der Waals surface area contributed by atoms with Crippen LogP contribution in [0.1, 0.15) is 10.4 Å². The number of hydrogen-bond acceptors (Lipinski definition) is 8. The van der Waals surface area contributed by atoms with Gasteiger partial charge in [-0.2, -0.15) is 0 Å². The van der Waals surface area contributed by atoms with Crippen molar-refractivity contribution in [2.45, 2.75) is 0 Å². The van der Waals surface area contributed by atoms with E-state index in [-0.39, 0.29) is 16.9 Å². The molecule has 3 aromatic heterocycles. The van der Waals surface area contributed by atoms with Gasteiger partial charge < -0.3 is 19.9 Å². The van der Waals surface area contributed by atoms with Crippen LogP contribution in [0.3, 0.4) is 0 Å². The molecule has 36 heavy (non-hydrogen) atoms. The number of likely N-dealkylation sites (N-methyl/N-ethyl adjacent to an activating group) is 1. The third-order valence-electron chi connectivity index (χ3n) is 7.18. The number of benzene rings is 1. The first-order valence-corrected chi connectivity index (χ1v) is 13.3. The van der Waals surface area contributed by atoms with Gasteiger partial charge in [0.25, 0.3) is 5.91 Å². The third kappa shape index (κ3) is 4.24. The number of pyridine rings is 2. The molecule has 0 aliphatic carbocycles. The van der Waals surface area contributed by atoms with Crippen molar-refractivity contribution in [3.63, 3.8) is 0 Å². The predicted molar refractivity (Wildman–Crippen MR) is 144 cm³/mol. The molecule has 0 saturated carbocycles. The van der Waals surface area contributed by atoms with Crippen LogP contribution in [0.25, 0.3) is 26.1 Å². The van der Waals surface area contributed by atoms with Gasteiger partial charge in [0.05, 0.1) is 40.7 Å². The van der Waals surface area contributed by atoms with E-state index in [1.165, 1.54) is 11.3 Å². The second-order valence-corrected chi connectivity index (χ2v) is 10.5. The molecular formula is C26H30N6O3S. The van der Waals surface area contributed by atoms with E-state index >= 15 is 0 Å². The maximum Gasteiger partial charge on any atom is 0.258 e. The lowest BCUT2D eigenvalue weighted by Gasteiger charge is -2.33. The SMILES string of the molecule is CN1CCN(c2cnc3c(c2)c(=O)c(C(=O)NCCN2CCOCC2)c2sc4ccccc4n23)CC1. The Kier molecular flexibility index (Phi) is 6.34. The number of anilines is 1. The molecule has 1 amide bonds. The fourth-order valence-corrected chi connectivity index (χ4v) is 6.24. The predicted octanol–water partition coefficient (Wildman–Crippen LogP) is 1.88. The molecule has 0 spiro atoms. The normalized spacial score (nSPS) is 17.9. The van der Waals surface area contributed by atoms with Crippen LogP contribution in [0.15, 0.2) is 41.3 Å². The van der Waals surface area contributed by atoms with Crippen molar-refractivity contribution in [2.75, 3.05) is 77.5 Å². The fourth-order valence-electron chi connectivity index (χ4n) is 5.06. The molecule has 188 valence electrons. The van der Waals surface area contributed by atoms with E-state index in [2.05, 4.69) is 27.1 Å². The third-order valence-corrected chi connectivity index (χ3v) is 8.32. The summed E-state index contributed by atoms with van der Waals surface area (Å²) in [5, 5.41) is 3.48. The number of para-hydroxylation sites is 1. The molecule has 5 heterocycles. The minimum atomic E-state index is -0.329. The number of nitrogens with zero attached hydrogens (tertiary/aromatic N) is 5. The van der Waals surface area contributed by atoms with E-state index in [0.717, 1.165) is 61.7 Å². The monoisotopic (exact) mass is 506 g/mol. The van der Waals surface area contributed by atoms with Gasteiger partial charge in [0, 0.05) is 52.4 Å². The van der Waals surface area contributed by atoms with Gasteiger partial charge in [0.15, 0.2) is 0 Å². The molecule has 9 nitrogen and oxygen atoms in total. The van der Waals surface area contributed by atoms with Gasteiger partial charge in [0.2, 0.25) is 5.43 Å². The molecule has 2 aliphatic heterocycles. The zero-order chi connectivity index (χ0) is 24.6. The van der Waals surface area contributed by atoms with Crippen LogP contribution in [0.5, 0.6) is 0 Å². The molecule has 0 atom stereocenters. The molecule has 0 radical (unpaired) electrons. The fraction of sp³-hybridized carbons (Fsp3) is 0.423. The van der Waals surface area contributed by atoms with Crippen LogP contribution in [0, 0.1) is 0 Å². The van der Waals surface area contributed by atoms with Gasteiger partial charge >= 0.3 is 0 Å².